The van der Waals surface area contributed by atoms with E-state index in [4.69, 9.17) is 14.5 Å². The molecule has 0 bridgehead atoms. The van der Waals surface area contributed by atoms with Gasteiger partial charge < -0.3 is 14.6 Å². The number of aromatic hydroxyl groups is 1. The monoisotopic (exact) mass is 530 g/mol. The molecule has 39 heavy (non-hydrogen) atoms. The van der Waals surface area contributed by atoms with Crippen LogP contribution in [0.5, 0.6) is 17.2 Å². The summed E-state index contributed by atoms with van der Waals surface area (Å²) in [5, 5.41) is 26.6. The number of hydrogen-bond acceptors (Lipinski definition) is 8. The number of nitro groups is 1. The van der Waals surface area contributed by atoms with Crippen LogP contribution in [-0.4, -0.2) is 39.1 Å². The number of aryl methyl sites for hydroxylation is 1. The van der Waals surface area contributed by atoms with Gasteiger partial charge in [0.2, 0.25) is 5.75 Å². The maximum Gasteiger partial charge on any atom is 0.315 e. The minimum absolute atomic E-state index is 0.0544. The lowest BCUT2D eigenvalue weighted by molar-refractivity contribution is -0.386. The molecule has 0 aliphatic carbocycles. The van der Waals surface area contributed by atoms with E-state index in [1.165, 1.54) is 23.0 Å². The predicted octanol–water partition coefficient (Wildman–Crippen LogP) is 5.79. The van der Waals surface area contributed by atoms with Gasteiger partial charge in [-0.15, -0.1) is 0 Å². The number of ether oxygens (including phenoxy) is 2. The van der Waals surface area contributed by atoms with Crippen LogP contribution >= 0.6 is 0 Å². The van der Waals surface area contributed by atoms with Gasteiger partial charge in [-0.05, 0) is 68.1 Å². The van der Waals surface area contributed by atoms with Crippen molar-refractivity contribution in [2.45, 2.75) is 40.5 Å². The minimum Gasteiger partial charge on any atom is -0.500 e. The SMILES string of the molecule is CCOc1cc(C)c(-c2nc3ccccc3c(=O)n2N=Cc2cc(OCC)c(O)c([N+](=O)[O-])c2)cc1C(C)C. The van der Waals surface area contributed by atoms with Gasteiger partial charge in [0.15, 0.2) is 11.6 Å². The zero-order valence-corrected chi connectivity index (χ0v) is 22.5. The van der Waals surface area contributed by atoms with E-state index < -0.39 is 21.9 Å². The molecule has 10 heteroatoms. The van der Waals surface area contributed by atoms with Gasteiger partial charge in [0.05, 0.1) is 35.3 Å². The van der Waals surface area contributed by atoms with Crippen molar-refractivity contribution < 1.29 is 19.5 Å². The Balaban J connectivity index is 1.97. The summed E-state index contributed by atoms with van der Waals surface area (Å²) in [4.78, 5) is 29.3. The number of fused-ring (bicyclic) bond motifs is 1. The predicted molar refractivity (Wildman–Crippen MR) is 150 cm³/mol. The first-order valence-corrected chi connectivity index (χ1v) is 12.6. The van der Waals surface area contributed by atoms with Gasteiger partial charge in [0.1, 0.15) is 5.75 Å². The number of rotatable bonds is 9. The third-order valence-electron chi connectivity index (χ3n) is 6.17. The number of nitrogens with zero attached hydrogens (tertiary/aromatic N) is 4. The Labute approximate surface area is 225 Å². The Hall–Kier alpha value is -4.73. The van der Waals surface area contributed by atoms with Crippen molar-refractivity contribution in [2.24, 2.45) is 5.10 Å². The molecular formula is C29H30N4O6. The van der Waals surface area contributed by atoms with E-state index in [9.17, 15) is 20.0 Å². The highest BCUT2D eigenvalue weighted by atomic mass is 16.6. The fourth-order valence-corrected chi connectivity index (χ4v) is 4.29. The van der Waals surface area contributed by atoms with Gasteiger partial charge in [-0.3, -0.25) is 14.9 Å². The fraction of sp³-hybridized carbons (Fsp3) is 0.276. The summed E-state index contributed by atoms with van der Waals surface area (Å²) in [5.74, 6) is 0.601. The Morgan fingerprint density at radius 3 is 2.46 bits per heavy atom. The number of hydrogen-bond donors (Lipinski definition) is 1. The molecule has 3 aromatic carbocycles. The summed E-state index contributed by atoms with van der Waals surface area (Å²) in [6.45, 7) is 10.4. The Bertz CT molecular complexity index is 1640. The average molecular weight is 531 g/mol. The number of nitro benzene ring substituents is 1. The lowest BCUT2D eigenvalue weighted by atomic mass is 9.96. The van der Waals surface area contributed by atoms with E-state index in [0.717, 1.165) is 16.9 Å². The first-order valence-electron chi connectivity index (χ1n) is 12.6. The van der Waals surface area contributed by atoms with Crippen LogP contribution in [0.15, 0.2) is 58.4 Å². The first kappa shape index (κ1) is 27.3. The second-order valence-corrected chi connectivity index (χ2v) is 9.18. The van der Waals surface area contributed by atoms with E-state index in [0.29, 0.717) is 28.9 Å². The molecule has 4 aromatic rings. The van der Waals surface area contributed by atoms with Gasteiger partial charge in [0, 0.05) is 17.2 Å². The van der Waals surface area contributed by atoms with Crippen LogP contribution in [0.1, 0.15) is 50.3 Å². The smallest absolute Gasteiger partial charge is 0.315 e. The van der Waals surface area contributed by atoms with Gasteiger partial charge in [-0.2, -0.15) is 9.78 Å². The molecule has 0 saturated carbocycles. The normalized spacial score (nSPS) is 11.4. The van der Waals surface area contributed by atoms with E-state index in [2.05, 4.69) is 18.9 Å². The standard InChI is InChI=1S/C29H30N4O6/c1-6-38-25-12-18(5)22(15-21(25)17(3)4)28-31-23-11-9-8-10-20(23)29(35)32(28)30-16-19-13-24(33(36)37)27(34)26(14-19)39-7-2/h8-17,34H,6-7H2,1-5H3. The van der Waals surface area contributed by atoms with Gasteiger partial charge in [-0.1, -0.05) is 26.0 Å². The number of benzene rings is 3. The summed E-state index contributed by atoms with van der Waals surface area (Å²) in [6.07, 6.45) is 1.31. The third kappa shape index (κ3) is 5.45. The molecule has 10 nitrogen and oxygen atoms in total. The van der Waals surface area contributed by atoms with Crippen molar-refractivity contribution in [1.29, 1.82) is 0 Å². The summed E-state index contributed by atoms with van der Waals surface area (Å²) in [5.41, 5.74) is 2.36. The van der Waals surface area contributed by atoms with Crippen LogP contribution in [0.25, 0.3) is 22.3 Å². The largest absolute Gasteiger partial charge is 0.500 e. The molecule has 0 saturated heterocycles. The van der Waals surface area contributed by atoms with Crippen molar-refractivity contribution in [2.75, 3.05) is 13.2 Å². The highest BCUT2D eigenvalue weighted by Gasteiger charge is 2.21. The maximum absolute atomic E-state index is 13.7. The van der Waals surface area contributed by atoms with Gasteiger partial charge in [-0.25, -0.2) is 4.98 Å². The summed E-state index contributed by atoms with van der Waals surface area (Å²) < 4.78 is 12.4. The highest BCUT2D eigenvalue weighted by Crippen LogP contribution is 2.37. The van der Waals surface area contributed by atoms with Crippen LogP contribution in [0.4, 0.5) is 5.69 Å². The van der Waals surface area contributed by atoms with Gasteiger partial charge >= 0.3 is 5.69 Å². The molecule has 0 aliphatic rings. The lowest BCUT2D eigenvalue weighted by Gasteiger charge is -2.18. The Morgan fingerprint density at radius 1 is 1.10 bits per heavy atom. The number of para-hydroxylation sites is 1. The molecule has 0 atom stereocenters. The molecule has 1 heterocycles. The van der Waals surface area contributed by atoms with Crippen molar-refractivity contribution in [1.82, 2.24) is 9.66 Å². The molecule has 0 aliphatic heterocycles. The number of phenols is 1. The topological polar surface area (TPSA) is 129 Å². The highest BCUT2D eigenvalue weighted by molar-refractivity contribution is 5.84. The second kappa shape index (κ2) is 11.3. The van der Waals surface area contributed by atoms with Crippen molar-refractivity contribution in [3.05, 3.63) is 85.7 Å². The molecule has 0 unspecified atom stereocenters. The molecule has 0 amide bonds. The van der Waals surface area contributed by atoms with Crippen LogP contribution in [0.3, 0.4) is 0 Å². The average Bonchev–Trinajstić information content (AvgIpc) is 2.89. The molecule has 0 fully saturated rings. The zero-order chi connectivity index (χ0) is 28.3. The van der Waals surface area contributed by atoms with Crippen LogP contribution in [0, 0.1) is 17.0 Å². The summed E-state index contributed by atoms with van der Waals surface area (Å²) >= 11 is 0. The van der Waals surface area contributed by atoms with Crippen molar-refractivity contribution in [3.8, 4) is 28.6 Å². The van der Waals surface area contributed by atoms with Crippen molar-refractivity contribution >= 4 is 22.8 Å². The summed E-state index contributed by atoms with van der Waals surface area (Å²) in [6, 6.07) is 13.5. The Kier molecular flexibility index (Phi) is 7.94. The van der Waals surface area contributed by atoms with Crippen LogP contribution in [0.2, 0.25) is 0 Å². The van der Waals surface area contributed by atoms with Gasteiger partial charge in [0.25, 0.3) is 5.56 Å². The maximum atomic E-state index is 13.7. The van der Waals surface area contributed by atoms with Crippen LogP contribution < -0.4 is 15.0 Å². The third-order valence-corrected chi connectivity index (χ3v) is 6.17. The molecule has 1 N–H and O–H groups in total. The van der Waals surface area contributed by atoms with E-state index >= 15 is 0 Å². The molecule has 1 aromatic heterocycles. The fourth-order valence-electron chi connectivity index (χ4n) is 4.29. The molecular weight excluding hydrogens is 500 g/mol. The number of phenolic OH excluding ortho intramolecular Hbond substituents is 1. The summed E-state index contributed by atoms with van der Waals surface area (Å²) in [7, 11) is 0. The molecule has 0 spiro atoms. The zero-order valence-electron chi connectivity index (χ0n) is 22.5. The first-order chi connectivity index (χ1) is 18.7. The minimum atomic E-state index is -0.707. The van der Waals surface area contributed by atoms with E-state index in [-0.39, 0.29) is 23.8 Å². The van der Waals surface area contributed by atoms with Crippen LogP contribution in [-0.2, 0) is 0 Å². The van der Waals surface area contributed by atoms with Crippen molar-refractivity contribution in [3.63, 3.8) is 0 Å². The molecule has 0 radical (unpaired) electrons. The molecule has 202 valence electrons. The second-order valence-electron chi connectivity index (χ2n) is 9.18. The number of aromatic nitrogens is 2. The molecule has 4 rings (SSSR count). The lowest BCUT2D eigenvalue weighted by Crippen LogP contribution is -2.21. The Morgan fingerprint density at radius 2 is 1.79 bits per heavy atom. The van der Waals surface area contributed by atoms with E-state index in [1.807, 2.05) is 32.0 Å². The van der Waals surface area contributed by atoms with E-state index in [1.54, 1.807) is 25.1 Å². The quantitative estimate of drug-likeness (QED) is 0.165.